The van der Waals surface area contributed by atoms with Crippen LogP contribution in [0, 0.1) is 6.92 Å². The van der Waals surface area contributed by atoms with Gasteiger partial charge >= 0.3 is 6.18 Å². The first-order valence-corrected chi connectivity index (χ1v) is 4.23. The fourth-order valence-corrected chi connectivity index (χ4v) is 1.10. The normalized spacial score (nSPS) is 11.5. The Morgan fingerprint density at radius 1 is 1.36 bits per heavy atom. The van der Waals surface area contributed by atoms with Crippen molar-refractivity contribution in [1.82, 2.24) is 4.98 Å². The van der Waals surface area contributed by atoms with Crippen LogP contribution < -0.4 is 5.32 Å². The Bertz CT molecular complexity index is 320. The first-order chi connectivity index (χ1) is 6.43. The highest BCUT2D eigenvalue weighted by Crippen LogP contribution is 2.30. The van der Waals surface area contributed by atoms with Crippen LogP contribution in [0.1, 0.15) is 18.2 Å². The van der Waals surface area contributed by atoms with E-state index < -0.39 is 11.7 Å². The van der Waals surface area contributed by atoms with Gasteiger partial charge in [0.2, 0.25) is 0 Å². The lowest BCUT2D eigenvalue weighted by molar-refractivity contribution is -0.137. The second kappa shape index (κ2) is 3.86. The molecule has 0 atom stereocenters. The van der Waals surface area contributed by atoms with Crippen molar-refractivity contribution in [3.05, 3.63) is 23.4 Å². The van der Waals surface area contributed by atoms with Crippen LogP contribution >= 0.6 is 0 Å². The van der Waals surface area contributed by atoms with E-state index in [1.165, 1.54) is 6.92 Å². The summed E-state index contributed by atoms with van der Waals surface area (Å²) in [6.07, 6.45) is -4.31. The molecular weight excluding hydrogens is 193 g/mol. The van der Waals surface area contributed by atoms with Crippen molar-refractivity contribution in [2.24, 2.45) is 0 Å². The fourth-order valence-electron chi connectivity index (χ4n) is 1.10. The van der Waals surface area contributed by atoms with Crippen LogP contribution in [0.15, 0.2) is 12.1 Å². The molecule has 0 saturated heterocycles. The van der Waals surface area contributed by atoms with E-state index in [1.807, 2.05) is 0 Å². The Kier molecular flexibility index (Phi) is 2.98. The summed E-state index contributed by atoms with van der Waals surface area (Å²) in [5.74, 6) is 0.264. The number of aryl methyl sites for hydroxylation is 1. The molecule has 0 aliphatic carbocycles. The summed E-state index contributed by atoms with van der Waals surface area (Å²) in [5.41, 5.74) is -0.309. The maximum atomic E-state index is 12.3. The van der Waals surface area contributed by atoms with Gasteiger partial charge in [0.05, 0.1) is 5.56 Å². The van der Waals surface area contributed by atoms with Gasteiger partial charge in [-0.15, -0.1) is 0 Å². The summed E-state index contributed by atoms with van der Waals surface area (Å²) < 4.78 is 37.0. The molecule has 0 amide bonds. The molecule has 0 bridgehead atoms. The van der Waals surface area contributed by atoms with Gasteiger partial charge in [0.25, 0.3) is 0 Å². The monoisotopic (exact) mass is 204 g/mol. The molecule has 1 aromatic rings. The van der Waals surface area contributed by atoms with E-state index in [9.17, 15) is 13.2 Å². The zero-order chi connectivity index (χ0) is 10.8. The second-order valence-corrected chi connectivity index (χ2v) is 2.91. The second-order valence-electron chi connectivity index (χ2n) is 2.91. The topological polar surface area (TPSA) is 24.9 Å². The lowest BCUT2D eigenvalue weighted by Gasteiger charge is -2.10. The van der Waals surface area contributed by atoms with Gasteiger partial charge in [0.15, 0.2) is 0 Å². The van der Waals surface area contributed by atoms with Crippen LogP contribution in [-0.4, -0.2) is 11.5 Å². The standard InChI is InChI=1S/C9H11F3N2/c1-3-13-8-5-7(9(10,11)12)4-6(2)14-8/h4-5H,3H2,1-2H3,(H,13,14). The van der Waals surface area contributed by atoms with Gasteiger partial charge in [0.1, 0.15) is 5.82 Å². The van der Waals surface area contributed by atoms with E-state index in [0.717, 1.165) is 12.1 Å². The van der Waals surface area contributed by atoms with E-state index >= 15 is 0 Å². The number of halogens is 3. The van der Waals surface area contributed by atoms with Gasteiger partial charge in [-0.2, -0.15) is 13.2 Å². The number of hydrogen-bond donors (Lipinski definition) is 1. The summed E-state index contributed by atoms with van der Waals surface area (Å²) in [6.45, 7) is 3.89. The van der Waals surface area contributed by atoms with Gasteiger partial charge in [-0.05, 0) is 26.0 Å². The lowest BCUT2D eigenvalue weighted by Crippen LogP contribution is -2.08. The number of aromatic nitrogens is 1. The smallest absolute Gasteiger partial charge is 0.370 e. The van der Waals surface area contributed by atoms with Crippen LogP contribution in [0.4, 0.5) is 19.0 Å². The molecule has 0 aliphatic heterocycles. The van der Waals surface area contributed by atoms with Crippen molar-refractivity contribution in [2.45, 2.75) is 20.0 Å². The minimum Gasteiger partial charge on any atom is -0.370 e. The fraction of sp³-hybridized carbons (Fsp3) is 0.444. The van der Waals surface area contributed by atoms with Crippen LogP contribution in [0.2, 0.25) is 0 Å². The minimum absolute atomic E-state index is 0.264. The van der Waals surface area contributed by atoms with Crippen molar-refractivity contribution >= 4 is 5.82 Å². The molecule has 0 aliphatic rings. The van der Waals surface area contributed by atoms with Crippen molar-refractivity contribution in [1.29, 1.82) is 0 Å². The third kappa shape index (κ3) is 2.61. The SMILES string of the molecule is CCNc1cc(C(F)(F)F)cc(C)n1. The molecule has 5 heteroatoms. The van der Waals surface area contributed by atoms with Gasteiger partial charge in [-0.3, -0.25) is 0 Å². The van der Waals surface area contributed by atoms with E-state index in [1.54, 1.807) is 6.92 Å². The molecule has 78 valence electrons. The number of nitrogens with zero attached hydrogens (tertiary/aromatic N) is 1. The third-order valence-electron chi connectivity index (χ3n) is 1.64. The minimum atomic E-state index is -4.31. The molecule has 0 unspecified atom stereocenters. The summed E-state index contributed by atoms with van der Waals surface area (Å²) in [5, 5.41) is 2.75. The van der Waals surface area contributed by atoms with Gasteiger partial charge in [0, 0.05) is 12.2 Å². The molecule has 1 heterocycles. The Morgan fingerprint density at radius 2 is 2.00 bits per heavy atom. The zero-order valence-electron chi connectivity index (χ0n) is 7.94. The third-order valence-corrected chi connectivity index (χ3v) is 1.64. The Morgan fingerprint density at radius 3 is 2.50 bits per heavy atom. The Balaban J connectivity index is 3.07. The number of pyridine rings is 1. The molecule has 14 heavy (non-hydrogen) atoms. The van der Waals surface area contributed by atoms with Crippen LogP contribution in [0.3, 0.4) is 0 Å². The maximum Gasteiger partial charge on any atom is 0.416 e. The van der Waals surface area contributed by atoms with Crippen molar-refractivity contribution in [3.63, 3.8) is 0 Å². The summed E-state index contributed by atoms with van der Waals surface area (Å²) in [7, 11) is 0. The van der Waals surface area contributed by atoms with Gasteiger partial charge in [-0.1, -0.05) is 0 Å². The summed E-state index contributed by atoms with van der Waals surface area (Å²) in [6, 6.07) is 2.04. The predicted octanol–water partition coefficient (Wildman–Crippen LogP) is 2.84. The van der Waals surface area contributed by atoms with Crippen molar-refractivity contribution in [2.75, 3.05) is 11.9 Å². The molecule has 1 rings (SSSR count). The van der Waals surface area contributed by atoms with E-state index in [-0.39, 0.29) is 5.82 Å². The lowest BCUT2D eigenvalue weighted by atomic mass is 10.2. The molecule has 2 nitrogen and oxygen atoms in total. The van der Waals surface area contributed by atoms with Crippen LogP contribution in [0.25, 0.3) is 0 Å². The molecular formula is C9H11F3N2. The Labute approximate surface area is 80.2 Å². The number of anilines is 1. The average Bonchev–Trinajstić information content (AvgIpc) is 2.02. The highest BCUT2D eigenvalue weighted by atomic mass is 19.4. The van der Waals surface area contributed by atoms with Crippen LogP contribution in [-0.2, 0) is 6.18 Å². The Hall–Kier alpha value is -1.26. The van der Waals surface area contributed by atoms with E-state index in [0.29, 0.717) is 12.2 Å². The predicted molar refractivity (Wildman–Crippen MR) is 48.1 cm³/mol. The summed E-state index contributed by atoms with van der Waals surface area (Å²) in [4.78, 5) is 3.93. The average molecular weight is 204 g/mol. The molecule has 0 radical (unpaired) electrons. The summed E-state index contributed by atoms with van der Waals surface area (Å²) >= 11 is 0. The van der Waals surface area contributed by atoms with Gasteiger partial charge in [-0.25, -0.2) is 4.98 Å². The van der Waals surface area contributed by atoms with Crippen molar-refractivity contribution < 1.29 is 13.2 Å². The molecule has 1 aromatic heterocycles. The number of nitrogens with one attached hydrogen (secondary N) is 1. The van der Waals surface area contributed by atoms with E-state index in [2.05, 4.69) is 10.3 Å². The molecule has 0 saturated carbocycles. The first kappa shape index (κ1) is 10.8. The number of hydrogen-bond acceptors (Lipinski definition) is 2. The van der Waals surface area contributed by atoms with E-state index in [4.69, 9.17) is 0 Å². The molecule has 1 N–H and O–H groups in total. The largest absolute Gasteiger partial charge is 0.416 e. The van der Waals surface area contributed by atoms with Crippen LogP contribution in [0.5, 0.6) is 0 Å². The first-order valence-electron chi connectivity index (χ1n) is 4.23. The quantitative estimate of drug-likeness (QED) is 0.801. The molecule has 0 fully saturated rings. The number of rotatable bonds is 2. The molecule has 0 spiro atoms. The highest BCUT2D eigenvalue weighted by Gasteiger charge is 2.31. The zero-order valence-corrected chi connectivity index (χ0v) is 7.94. The number of alkyl halides is 3. The highest BCUT2D eigenvalue weighted by molar-refractivity contribution is 5.40. The van der Waals surface area contributed by atoms with Crippen molar-refractivity contribution in [3.8, 4) is 0 Å². The molecule has 0 aromatic carbocycles. The van der Waals surface area contributed by atoms with Gasteiger partial charge < -0.3 is 5.32 Å². The maximum absolute atomic E-state index is 12.3.